The third kappa shape index (κ3) is 4.45. The van der Waals surface area contributed by atoms with Crippen molar-refractivity contribution < 1.29 is 28.9 Å². The molecule has 0 spiro atoms. The largest absolute Gasteiger partial charge is 0.387 e. The van der Waals surface area contributed by atoms with Crippen molar-refractivity contribution in [2.45, 2.75) is 32.8 Å². The number of aliphatic hydroxyl groups excluding tert-OH is 2. The van der Waals surface area contributed by atoms with Gasteiger partial charge in [0.25, 0.3) is 0 Å². The summed E-state index contributed by atoms with van der Waals surface area (Å²) in [6.45, 7) is 4.63. The van der Waals surface area contributed by atoms with Crippen LogP contribution >= 0.6 is 0 Å². The Hall–Kier alpha value is -3.16. The van der Waals surface area contributed by atoms with Gasteiger partial charge in [0.2, 0.25) is 5.91 Å². The maximum Gasteiger partial charge on any atom is 0.237 e. The van der Waals surface area contributed by atoms with E-state index in [4.69, 9.17) is 10.00 Å². The number of Topliss-reactive ketones (excluding diaryl/α,β-unsaturated/α-hetero) is 1. The molecule has 2 unspecified atom stereocenters. The van der Waals surface area contributed by atoms with E-state index in [2.05, 4.69) is 0 Å². The molecule has 4 rings (SSSR count). The molecule has 1 fully saturated rings. The van der Waals surface area contributed by atoms with Crippen molar-refractivity contribution in [3.63, 3.8) is 0 Å². The molecular weight excluding hydrogens is 441 g/mol. The number of rotatable bonds is 6. The highest BCUT2D eigenvalue weighted by Crippen LogP contribution is 2.34. The number of hydrogen-bond acceptors (Lipinski definition) is 7. The highest BCUT2D eigenvalue weighted by atomic mass is 19.1. The van der Waals surface area contributed by atoms with Gasteiger partial charge in [0.1, 0.15) is 11.9 Å². The third-order valence-electron chi connectivity index (χ3n) is 6.68. The molecule has 2 atom stereocenters. The van der Waals surface area contributed by atoms with Crippen molar-refractivity contribution in [3.05, 3.63) is 69.0 Å². The average molecular weight is 467 g/mol. The lowest BCUT2D eigenvalue weighted by atomic mass is 9.95. The minimum atomic E-state index is -0.946. The molecule has 9 heteroatoms. The predicted octanol–water partition coefficient (Wildman–Crippen LogP) is 1.90. The van der Waals surface area contributed by atoms with Crippen LogP contribution in [0.3, 0.4) is 0 Å². The maximum absolute atomic E-state index is 13.8. The molecule has 178 valence electrons. The van der Waals surface area contributed by atoms with Crippen LogP contribution in [0.15, 0.2) is 24.3 Å². The first-order chi connectivity index (χ1) is 16.2. The van der Waals surface area contributed by atoms with E-state index in [1.807, 2.05) is 11.8 Å². The van der Waals surface area contributed by atoms with Crippen molar-refractivity contribution in [2.75, 3.05) is 32.7 Å². The van der Waals surface area contributed by atoms with Gasteiger partial charge in [-0.2, -0.15) is 5.26 Å². The van der Waals surface area contributed by atoms with Crippen molar-refractivity contribution in [2.24, 2.45) is 0 Å². The smallest absolute Gasteiger partial charge is 0.237 e. The normalized spacial score (nSPS) is 19.1. The van der Waals surface area contributed by atoms with E-state index >= 15 is 0 Å². The lowest BCUT2D eigenvalue weighted by Gasteiger charge is -2.35. The molecular formula is C25H26FN3O5. The molecule has 0 saturated carbocycles. The van der Waals surface area contributed by atoms with Gasteiger partial charge in [-0.1, -0.05) is 12.1 Å². The summed E-state index contributed by atoms with van der Waals surface area (Å²) < 4.78 is 19.0. The van der Waals surface area contributed by atoms with E-state index < -0.39 is 18.2 Å². The molecule has 0 aromatic heterocycles. The zero-order valence-corrected chi connectivity index (χ0v) is 19.0. The molecule has 2 aromatic carbocycles. The number of amides is 1. The molecule has 8 nitrogen and oxygen atoms in total. The number of nitriles is 1. The Morgan fingerprint density at radius 3 is 2.74 bits per heavy atom. The quantitative estimate of drug-likeness (QED) is 0.624. The summed E-state index contributed by atoms with van der Waals surface area (Å²) in [5, 5.41) is 29.8. The lowest BCUT2D eigenvalue weighted by molar-refractivity contribution is -0.136. The number of nitrogens with zero attached hydrogens (tertiary/aromatic N) is 3. The van der Waals surface area contributed by atoms with Crippen LogP contribution in [-0.4, -0.2) is 64.4 Å². The second-order valence-electron chi connectivity index (χ2n) is 8.71. The lowest BCUT2D eigenvalue weighted by Crippen LogP contribution is -2.52. The summed E-state index contributed by atoms with van der Waals surface area (Å²) in [5.41, 5.74) is 3.50. The van der Waals surface area contributed by atoms with Crippen LogP contribution in [0.5, 0.6) is 0 Å². The topological polar surface area (TPSA) is 114 Å². The number of fused-ring (bicyclic) bond motifs is 1. The zero-order chi connectivity index (χ0) is 24.6. The van der Waals surface area contributed by atoms with Crippen LogP contribution < -0.4 is 0 Å². The SMILES string of the molecule is Cc1c(C(=O)CN2CCN(CC(O)c3ccc4c(c3C)COC4O)CC2=O)ccc(F)c1C#N. The maximum atomic E-state index is 13.8. The number of carbonyl (C=O) groups excluding carboxylic acids is 2. The molecule has 2 heterocycles. The number of benzene rings is 2. The van der Waals surface area contributed by atoms with Gasteiger partial charge in [0, 0.05) is 30.8 Å². The van der Waals surface area contributed by atoms with Gasteiger partial charge in [-0.3, -0.25) is 14.5 Å². The number of carbonyl (C=O) groups is 2. The molecule has 34 heavy (non-hydrogen) atoms. The van der Waals surface area contributed by atoms with E-state index in [1.165, 1.54) is 17.9 Å². The number of aliphatic hydroxyl groups is 2. The number of ether oxygens (including phenoxy) is 1. The monoisotopic (exact) mass is 467 g/mol. The van der Waals surface area contributed by atoms with E-state index in [0.29, 0.717) is 18.7 Å². The van der Waals surface area contributed by atoms with Crippen LogP contribution in [0.2, 0.25) is 0 Å². The molecule has 1 saturated heterocycles. The minimum Gasteiger partial charge on any atom is -0.387 e. The van der Waals surface area contributed by atoms with Crippen LogP contribution in [-0.2, 0) is 16.1 Å². The van der Waals surface area contributed by atoms with Crippen LogP contribution in [0, 0.1) is 31.0 Å². The highest BCUT2D eigenvalue weighted by molar-refractivity contribution is 6.01. The van der Waals surface area contributed by atoms with E-state index in [1.54, 1.807) is 18.2 Å². The number of β-amino-alcohol motifs (C(OH)–C–C–N with tert-alkyl or cyclic N) is 1. The average Bonchev–Trinajstić information content (AvgIpc) is 3.17. The van der Waals surface area contributed by atoms with E-state index in [-0.39, 0.29) is 54.6 Å². The van der Waals surface area contributed by atoms with Gasteiger partial charge < -0.3 is 19.8 Å². The first-order valence-corrected chi connectivity index (χ1v) is 11.0. The van der Waals surface area contributed by atoms with E-state index in [9.17, 15) is 24.2 Å². The third-order valence-corrected chi connectivity index (χ3v) is 6.68. The van der Waals surface area contributed by atoms with Crippen molar-refractivity contribution in [1.82, 2.24) is 9.80 Å². The number of ketones is 1. The summed E-state index contributed by atoms with van der Waals surface area (Å²) in [6.07, 6.45) is -1.77. The Bertz CT molecular complexity index is 1190. The molecule has 2 N–H and O–H groups in total. The molecule has 0 radical (unpaired) electrons. The summed E-state index contributed by atoms with van der Waals surface area (Å²) in [6, 6.07) is 7.73. The number of halogens is 1. The van der Waals surface area contributed by atoms with Gasteiger partial charge in [0.15, 0.2) is 12.1 Å². The first kappa shape index (κ1) is 24.0. The summed E-state index contributed by atoms with van der Waals surface area (Å²) >= 11 is 0. The fourth-order valence-corrected chi connectivity index (χ4v) is 4.63. The van der Waals surface area contributed by atoms with Gasteiger partial charge in [0.05, 0.1) is 31.4 Å². The molecule has 2 aliphatic heterocycles. The molecule has 0 aliphatic carbocycles. The molecule has 0 bridgehead atoms. The van der Waals surface area contributed by atoms with Gasteiger partial charge in [-0.05, 0) is 48.2 Å². The Labute approximate surface area is 196 Å². The number of piperazine rings is 1. The van der Waals surface area contributed by atoms with Crippen LogP contribution in [0.4, 0.5) is 4.39 Å². The van der Waals surface area contributed by atoms with Gasteiger partial charge in [-0.25, -0.2) is 4.39 Å². The Morgan fingerprint density at radius 2 is 2.03 bits per heavy atom. The highest BCUT2D eigenvalue weighted by Gasteiger charge is 2.30. The van der Waals surface area contributed by atoms with Crippen LogP contribution in [0.25, 0.3) is 0 Å². The van der Waals surface area contributed by atoms with Crippen molar-refractivity contribution >= 4 is 11.7 Å². The second kappa shape index (κ2) is 9.60. The molecule has 2 aromatic rings. The van der Waals surface area contributed by atoms with Gasteiger partial charge in [-0.15, -0.1) is 0 Å². The number of hydrogen-bond donors (Lipinski definition) is 2. The second-order valence-corrected chi connectivity index (χ2v) is 8.71. The Morgan fingerprint density at radius 1 is 1.26 bits per heavy atom. The zero-order valence-electron chi connectivity index (χ0n) is 19.0. The molecule has 2 aliphatic rings. The van der Waals surface area contributed by atoms with E-state index in [0.717, 1.165) is 22.8 Å². The fourth-order valence-electron chi connectivity index (χ4n) is 4.63. The van der Waals surface area contributed by atoms with Crippen LogP contribution in [0.1, 0.15) is 56.1 Å². The molecule has 1 amide bonds. The fraction of sp³-hybridized carbons (Fsp3) is 0.400. The first-order valence-electron chi connectivity index (χ1n) is 11.0. The summed E-state index contributed by atoms with van der Waals surface area (Å²) in [5.74, 6) is -1.27. The Kier molecular flexibility index (Phi) is 6.77. The minimum absolute atomic E-state index is 0.0575. The van der Waals surface area contributed by atoms with Crippen molar-refractivity contribution in [1.29, 1.82) is 5.26 Å². The standard InChI is InChI=1S/C25H26FN3O5/c1-14-17(5-6-21(26)19(14)9-27)23(31)11-29-8-7-28(12-24(29)32)10-22(30)16-3-4-18-20(15(16)2)13-34-25(18)33/h3-6,22,25,30,33H,7-8,10-13H2,1-2H3. The van der Waals surface area contributed by atoms with Crippen molar-refractivity contribution in [3.8, 4) is 6.07 Å². The Balaban J connectivity index is 1.38. The summed E-state index contributed by atoms with van der Waals surface area (Å²) in [7, 11) is 0. The predicted molar refractivity (Wildman–Crippen MR) is 119 cm³/mol. The summed E-state index contributed by atoms with van der Waals surface area (Å²) in [4.78, 5) is 28.7. The van der Waals surface area contributed by atoms with Gasteiger partial charge >= 0.3 is 0 Å².